The minimum absolute atomic E-state index is 0.0834. The summed E-state index contributed by atoms with van der Waals surface area (Å²) in [5.41, 5.74) is 1.22. The quantitative estimate of drug-likeness (QED) is 0.416. The molecule has 8 heteroatoms. The Morgan fingerprint density at radius 1 is 1.27 bits per heavy atom. The Morgan fingerprint density at radius 3 is 2.77 bits per heavy atom. The summed E-state index contributed by atoms with van der Waals surface area (Å²) in [6, 6.07) is 10.6. The number of rotatable bonds is 3. The fourth-order valence-electron chi connectivity index (χ4n) is 2.22. The van der Waals surface area contributed by atoms with Crippen molar-refractivity contribution in [1.82, 2.24) is 19.9 Å². The molecule has 2 aromatic heterocycles. The van der Waals surface area contributed by atoms with E-state index in [1.807, 2.05) is 30.3 Å². The molecule has 0 saturated carbocycles. The number of ether oxygens (including phenoxy) is 1. The largest absolute Gasteiger partial charge is 0.507 e. The van der Waals surface area contributed by atoms with Crippen LogP contribution >= 0.6 is 0 Å². The SMILES string of the molecule is CC(=O)OCNC(=O)c1c(O)cc(C#Cc2ccccc2)n2ncnc12. The summed E-state index contributed by atoms with van der Waals surface area (Å²) in [6.07, 6.45) is 1.26. The molecule has 0 bridgehead atoms. The van der Waals surface area contributed by atoms with E-state index in [1.54, 1.807) is 0 Å². The van der Waals surface area contributed by atoms with E-state index >= 15 is 0 Å². The van der Waals surface area contributed by atoms with Gasteiger partial charge in [-0.2, -0.15) is 5.10 Å². The lowest BCUT2D eigenvalue weighted by Crippen LogP contribution is -2.28. The zero-order valence-corrected chi connectivity index (χ0v) is 13.8. The fraction of sp³-hybridized carbons (Fsp3) is 0.111. The first kappa shape index (κ1) is 17.0. The highest BCUT2D eigenvalue weighted by Crippen LogP contribution is 2.22. The molecule has 0 aliphatic heterocycles. The predicted molar refractivity (Wildman–Crippen MR) is 91.2 cm³/mol. The maximum absolute atomic E-state index is 12.3. The number of aromatic hydroxyl groups is 1. The topological polar surface area (TPSA) is 106 Å². The van der Waals surface area contributed by atoms with Gasteiger partial charge in [-0.25, -0.2) is 9.50 Å². The maximum Gasteiger partial charge on any atom is 0.304 e. The molecule has 0 atom stereocenters. The molecule has 1 amide bonds. The molecule has 0 aliphatic carbocycles. The van der Waals surface area contributed by atoms with Crippen LogP contribution in [-0.4, -0.2) is 38.3 Å². The van der Waals surface area contributed by atoms with Gasteiger partial charge in [0.15, 0.2) is 12.4 Å². The van der Waals surface area contributed by atoms with E-state index in [-0.39, 0.29) is 23.7 Å². The summed E-state index contributed by atoms with van der Waals surface area (Å²) in [5.74, 6) is 4.38. The Morgan fingerprint density at radius 2 is 2.04 bits per heavy atom. The van der Waals surface area contributed by atoms with Crippen molar-refractivity contribution in [2.24, 2.45) is 0 Å². The van der Waals surface area contributed by atoms with Crippen LogP contribution in [0, 0.1) is 11.8 Å². The van der Waals surface area contributed by atoms with Crippen LogP contribution < -0.4 is 5.32 Å². The number of benzene rings is 1. The molecule has 0 fully saturated rings. The molecule has 0 aliphatic rings. The third-order valence-corrected chi connectivity index (χ3v) is 3.37. The molecule has 2 N–H and O–H groups in total. The van der Waals surface area contributed by atoms with Gasteiger partial charge in [-0.1, -0.05) is 24.1 Å². The van der Waals surface area contributed by atoms with Gasteiger partial charge in [0.05, 0.1) is 0 Å². The Kier molecular flexibility index (Phi) is 4.80. The van der Waals surface area contributed by atoms with E-state index in [9.17, 15) is 14.7 Å². The Bertz CT molecular complexity index is 1030. The second kappa shape index (κ2) is 7.36. The monoisotopic (exact) mass is 350 g/mol. The molecule has 3 aromatic rings. The van der Waals surface area contributed by atoms with E-state index in [4.69, 9.17) is 0 Å². The highest BCUT2D eigenvalue weighted by atomic mass is 16.5. The summed E-state index contributed by atoms with van der Waals surface area (Å²) in [5, 5.41) is 16.7. The molecule has 0 spiro atoms. The number of hydrogen-bond donors (Lipinski definition) is 2. The number of nitrogens with zero attached hydrogens (tertiary/aromatic N) is 3. The molecule has 0 saturated heterocycles. The van der Waals surface area contributed by atoms with Crippen LogP contribution in [0.15, 0.2) is 42.7 Å². The van der Waals surface area contributed by atoms with Crippen LogP contribution in [0.5, 0.6) is 5.75 Å². The van der Waals surface area contributed by atoms with Crippen molar-refractivity contribution in [2.75, 3.05) is 6.73 Å². The number of aromatic nitrogens is 3. The lowest BCUT2D eigenvalue weighted by atomic mass is 10.2. The maximum atomic E-state index is 12.3. The molecule has 130 valence electrons. The van der Waals surface area contributed by atoms with E-state index in [0.717, 1.165) is 5.56 Å². The van der Waals surface area contributed by atoms with Crippen LogP contribution in [0.3, 0.4) is 0 Å². The molecule has 26 heavy (non-hydrogen) atoms. The van der Waals surface area contributed by atoms with Gasteiger partial charge in [0, 0.05) is 18.6 Å². The zero-order chi connectivity index (χ0) is 18.5. The second-order valence-corrected chi connectivity index (χ2v) is 5.19. The zero-order valence-electron chi connectivity index (χ0n) is 13.8. The Balaban J connectivity index is 1.95. The standard InChI is InChI=1S/C18H14N4O4/c1-12(23)26-11-20-18(25)16-15(24)9-14(22-17(16)19-10-21-22)8-7-13-5-3-2-4-6-13/h2-6,9-10,24H,11H2,1H3,(H,20,25). The lowest BCUT2D eigenvalue weighted by Gasteiger charge is -2.08. The second-order valence-electron chi connectivity index (χ2n) is 5.19. The van der Waals surface area contributed by atoms with E-state index in [2.05, 4.69) is 32.0 Å². The number of amides is 1. The first-order valence-corrected chi connectivity index (χ1v) is 7.60. The van der Waals surface area contributed by atoms with Gasteiger partial charge in [-0.3, -0.25) is 9.59 Å². The number of nitrogens with one attached hydrogen (secondary N) is 1. The fourth-order valence-corrected chi connectivity index (χ4v) is 2.22. The minimum Gasteiger partial charge on any atom is -0.507 e. The molecular formula is C18H14N4O4. The normalized spacial score (nSPS) is 10.0. The number of esters is 1. The van der Waals surface area contributed by atoms with Gasteiger partial charge in [0.25, 0.3) is 5.91 Å². The Hall–Kier alpha value is -3.86. The molecule has 0 radical (unpaired) electrons. The number of fused-ring (bicyclic) bond motifs is 1. The first-order chi connectivity index (χ1) is 12.6. The van der Waals surface area contributed by atoms with E-state index in [0.29, 0.717) is 5.69 Å². The van der Waals surface area contributed by atoms with Crippen LogP contribution in [0.2, 0.25) is 0 Å². The highest BCUT2D eigenvalue weighted by molar-refractivity contribution is 6.02. The van der Waals surface area contributed by atoms with E-state index < -0.39 is 11.9 Å². The minimum atomic E-state index is -0.649. The number of carbonyl (C=O) groups excluding carboxylic acids is 2. The van der Waals surface area contributed by atoms with E-state index in [1.165, 1.54) is 23.8 Å². The van der Waals surface area contributed by atoms with Gasteiger partial charge in [-0.05, 0) is 18.1 Å². The van der Waals surface area contributed by atoms with Crippen LogP contribution in [0.4, 0.5) is 0 Å². The van der Waals surface area contributed by atoms with Gasteiger partial charge >= 0.3 is 5.97 Å². The molecule has 0 unspecified atom stereocenters. The van der Waals surface area contributed by atoms with Crippen molar-refractivity contribution in [2.45, 2.75) is 6.92 Å². The molecule has 8 nitrogen and oxygen atoms in total. The van der Waals surface area contributed by atoms with Crippen molar-refractivity contribution in [3.05, 3.63) is 59.5 Å². The van der Waals surface area contributed by atoms with Gasteiger partial charge < -0.3 is 15.2 Å². The number of pyridine rings is 1. The van der Waals surface area contributed by atoms with Crippen LogP contribution in [0.1, 0.15) is 28.5 Å². The summed E-state index contributed by atoms with van der Waals surface area (Å²) in [4.78, 5) is 27.1. The third-order valence-electron chi connectivity index (χ3n) is 3.37. The van der Waals surface area contributed by atoms with Crippen molar-refractivity contribution in [1.29, 1.82) is 0 Å². The predicted octanol–water partition coefficient (Wildman–Crippen LogP) is 1.09. The first-order valence-electron chi connectivity index (χ1n) is 7.60. The smallest absolute Gasteiger partial charge is 0.304 e. The average molecular weight is 350 g/mol. The van der Waals surface area contributed by atoms with Crippen LogP contribution in [0.25, 0.3) is 5.65 Å². The van der Waals surface area contributed by atoms with Crippen molar-refractivity contribution in [3.8, 4) is 17.6 Å². The van der Waals surface area contributed by atoms with Crippen molar-refractivity contribution in [3.63, 3.8) is 0 Å². The molecule has 1 aromatic carbocycles. The van der Waals surface area contributed by atoms with Crippen molar-refractivity contribution < 1.29 is 19.4 Å². The van der Waals surface area contributed by atoms with Gasteiger partial charge in [0.1, 0.15) is 23.3 Å². The third kappa shape index (κ3) is 3.62. The van der Waals surface area contributed by atoms with Gasteiger partial charge in [-0.15, -0.1) is 0 Å². The number of hydrogen-bond acceptors (Lipinski definition) is 6. The molecule has 2 heterocycles. The molecular weight excluding hydrogens is 336 g/mol. The summed E-state index contributed by atoms with van der Waals surface area (Å²) >= 11 is 0. The average Bonchev–Trinajstić information content (AvgIpc) is 3.09. The van der Waals surface area contributed by atoms with Crippen molar-refractivity contribution >= 4 is 17.5 Å². The number of carbonyl (C=O) groups is 2. The Labute approximate surface area is 148 Å². The summed E-state index contributed by atoms with van der Waals surface area (Å²) in [6.45, 7) is 0.907. The van der Waals surface area contributed by atoms with Gasteiger partial charge in [0.2, 0.25) is 0 Å². The summed E-state index contributed by atoms with van der Waals surface area (Å²) < 4.78 is 6.02. The summed E-state index contributed by atoms with van der Waals surface area (Å²) in [7, 11) is 0. The highest BCUT2D eigenvalue weighted by Gasteiger charge is 2.19. The van der Waals surface area contributed by atoms with Crippen LogP contribution in [-0.2, 0) is 9.53 Å². The molecule has 3 rings (SSSR count). The lowest BCUT2D eigenvalue weighted by molar-refractivity contribution is -0.141.